The molecule has 0 aliphatic rings. The normalized spacial score (nSPS) is 14.1. The minimum absolute atomic E-state index is 0.205. The van der Waals surface area contributed by atoms with Crippen LogP contribution in [0.15, 0.2) is 158 Å². The molecule has 5 heterocycles. The number of para-hydroxylation sites is 2. The van der Waals surface area contributed by atoms with Gasteiger partial charge in [-0.05, 0) is 58.7 Å². The topological polar surface area (TPSA) is 8.82 Å². The van der Waals surface area contributed by atoms with Crippen LogP contribution in [0.3, 0.4) is 0 Å². The van der Waals surface area contributed by atoms with E-state index in [0.717, 1.165) is 27.5 Å². The molecule has 51 heavy (non-hydrogen) atoms. The van der Waals surface area contributed by atoms with E-state index in [2.05, 4.69) is 112 Å². The van der Waals surface area contributed by atoms with E-state index < -0.39 is 6.04 Å². The Labute approximate surface area is 302 Å². The number of rotatable bonds is 2. The molecule has 2 nitrogen and oxygen atoms in total. The number of fused-ring (bicyclic) bond motifs is 16. The molecule has 0 saturated heterocycles. The van der Waals surface area contributed by atoms with Crippen molar-refractivity contribution in [2.24, 2.45) is 0 Å². The Balaban J connectivity index is 1.20. The van der Waals surface area contributed by atoms with Crippen molar-refractivity contribution in [1.82, 2.24) is 8.80 Å². The lowest BCUT2D eigenvalue weighted by Gasteiger charge is -2.11. The van der Waals surface area contributed by atoms with Crippen molar-refractivity contribution in [2.75, 3.05) is 0 Å². The van der Waals surface area contributed by atoms with Crippen LogP contribution >= 0.6 is 11.3 Å². The van der Waals surface area contributed by atoms with E-state index in [1.165, 1.54) is 79.9 Å². The van der Waals surface area contributed by atoms with Gasteiger partial charge in [0, 0.05) is 63.3 Å². The lowest BCUT2D eigenvalue weighted by atomic mass is 9.93. The summed E-state index contributed by atoms with van der Waals surface area (Å²) in [6.45, 7) is 0. The minimum Gasteiger partial charge on any atom is -0.308 e. The van der Waals surface area contributed by atoms with Gasteiger partial charge in [0.15, 0.2) is 0 Å². The van der Waals surface area contributed by atoms with E-state index in [1.807, 2.05) is 35.6 Å². The maximum Gasteiger partial charge on any atom is 0.0629 e. The van der Waals surface area contributed by atoms with Crippen LogP contribution in [0.5, 0.6) is 0 Å². The van der Waals surface area contributed by atoms with Crippen molar-refractivity contribution >= 4 is 108 Å². The third kappa shape index (κ3) is 3.19. The van der Waals surface area contributed by atoms with Crippen LogP contribution in [0.1, 0.15) is 6.85 Å². The highest BCUT2D eigenvalue weighted by atomic mass is 32.1. The summed E-state index contributed by atoms with van der Waals surface area (Å²) in [5.41, 5.74) is 9.60. The Morgan fingerprint density at radius 2 is 1.04 bits per heavy atom. The molecule has 0 aliphatic heterocycles. The largest absolute Gasteiger partial charge is 0.308 e. The molecule has 0 atom stereocenters. The summed E-state index contributed by atoms with van der Waals surface area (Å²) >= 11 is 1.84. The molecule has 0 aliphatic carbocycles. The van der Waals surface area contributed by atoms with Crippen LogP contribution in [0.4, 0.5) is 0 Å². The van der Waals surface area contributed by atoms with Crippen LogP contribution in [0.2, 0.25) is 0 Å². The van der Waals surface area contributed by atoms with Crippen molar-refractivity contribution in [1.29, 1.82) is 0 Å². The third-order valence-corrected chi connectivity index (χ3v) is 12.4. The summed E-state index contributed by atoms with van der Waals surface area (Å²) in [4.78, 5) is 0. The second-order valence-corrected chi connectivity index (χ2v) is 14.8. The van der Waals surface area contributed by atoms with Gasteiger partial charge in [0.25, 0.3) is 0 Å². The number of nitrogens with zero attached hydrogens (tertiary/aromatic N) is 2. The third-order valence-electron chi connectivity index (χ3n) is 11.2. The van der Waals surface area contributed by atoms with Crippen LogP contribution < -0.4 is 0 Å². The van der Waals surface area contributed by atoms with Crippen molar-refractivity contribution in [3.8, 4) is 22.3 Å². The maximum absolute atomic E-state index is 8.82. The molecular weight excluding hydrogens is 637 g/mol. The minimum atomic E-state index is -0.393. The van der Waals surface area contributed by atoms with Crippen molar-refractivity contribution in [3.05, 3.63) is 158 Å². The molecule has 0 unspecified atom stereocenters. The molecule has 0 radical (unpaired) electrons. The molecule has 13 aromatic rings. The quantitative estimate of drug-likeness (QED) is 0.173. The standard InChI is InChI=1S/C48H26N2S/c1-2-11-27(12-3-1)29-13-4-5-14-30(29)28-21-22-34-40(23-28)50-42-24-36-33-18-10-17-32-31-15-6-8-19-39(31)49(47(32)33)41(36)25-37(42)38-26-44-45(46(34)48(38)50)35-16-7-9-20-43(35)51-44/h1-26H/i1D,2D,3D,11D,12D. The van der Waals surface area contributed by atoms with E-state index in [1.54, 1.807) is 0 Å². The van der Waals surface area contributed by atoms with Gasteiger partial charge in [0.05, 0.1) is 40.0 Å². The van der Waals surface area contributed by atoms with Crippen LogP contribution in [0.25, 0.3) is 119 Å². The predicted octanol–water partition coefficient (Wildman–Crippen LogP) is 13.7. The molecule has 0 N–H and O–H groups in total. The zero-order chi connectivity index (χ0) is 37.3. The van der Waals surface area contributed by atoms with Crippen molar-refractivity contribution < 1.29 is 6.85 Å². The number of thiophene rings is 1. The molecule has 8 aromatic carbocycles. The van der Waals surface area contributed by atoms with Crippen LogP contribution in [0, 0.1) is 0 Å². The van der Waals surface area contributed by atoms with Gasteiger partial charge in [0.2, 0.25) is 0 Å². The second-order valence-electron chi connectivity index (χ2n) is 13.7. The van der Waals surface area contributed by atoms with Gasteiger partial charge >= 0.3 is 0 Å². The highest BCUT2D eigenvalue weighted by Gasteiger charge is 2.25. The molecule has 0 amide bonds. The van der Waals surface area contributed by atoms with Gasteiger partial charge in [-0.1, -0.05) is 121 Å². The van der Waals surface area contributed by atoms with E-state index in [0.29, 0.717) is 5.56 Å². The number of aromatic nitrogens is 2. The fraction of sp³-hybridized carbons (Fsp3) is 0. The Hall–Kier alpha value is -6.42. The molecular formula is C48H26N2S. The molecule has 0 bridgehead atoms. The molecule has 0 saturated carbocycles. The zero-order valence-electron chi connectivity index (χ0n) is 31.9. The highest BCUT2D eigenvalue weighted by molar-refractivity contribution is 7.26. The molecule has 0 spiro atoms. The van der Waals surface area contributed by atoms with Gasteiger partial charge in [-0.25, -0.2) is 0 Å². The SMILES string of the molecule is [2H]c1c([2H])c([2H])c(-c2ccccc2-c2ccc3c4c5c(cc6c7cc8c(cc7n(c3c2)c64)c2cccc3c4ccccc4n8c32)sc2ccccc25)c([2H])c1[2H]. The lowest BCUT2D eigenvalue weighted by molar-refractivity contribution is 1.36. The van der Waals surface area contributed by atoms with Gasteiger partial charge in [-0.2, -0.15) is 0 Å². The molecule has 13 rings (SSSR count). The first-order valence-corrected chi connectivity index (χ1v) is 18.0. The van der Waals surface area contributed by atoms with E-state index in [4.69, 9.17) is 6.85 Å². The smallest absolute Gasteiger partial charge is 0.0629 e. The molecule has 234 valence electrons. The summed E-state index contributed by atoms with van der Waals surface area (Å²) in [5.74, 6) is 0. The second kappa shape index (κ2) is 9.22. The van der Waals surface area contributed by atoms with E-state index >= 15 is 0 Å². The maximum atomic E-state index is 8.82. The Morgan fingerprint density at radius 1 is 0.392 bits per heavy atom. The fourth-order valence-electron chi connectivity index (χ4n) is 9.24. The van der Waals surface area contributed by atoms with Gasteiger partial charge in [-0.15, -0.1) is 11.3 Å². The summed E-state index contributed by atoms with van der Waals surface area (Å²) in [6.07, 6.45) is 0. The van der Waals surface area contributed by atoms with Crippen LogP contribution in [-0.2, 0) is 0 Å². The summed E-state index contributed by atoms with van der Waals surface area (Å²) < 4.78 is 50.1. The molecule has 0 fully saturated rings. The number of hydrogen-bond donors (Lipinski definition) is 0. The van der Waals surface area contributed by atoms with Gasteiger partial charge in [0.1, 0.15) is 0 Å². The monoisotopic (exact) mass is 667 g/mol. The number of hydrogen-bond acceptors (Lipinski definition) is 1. The zero-order valence-corrected chi connectivity index (χ0v) is 27.7. The average molecular weight is 668 g/mol. The summed E-state index contributed by atoms with van der Waals surface area (Å²) in [6, 6.07) is 44.0. The Kier molecular flexibility index (Phi) is 4.04. The first kappa shape index (κ1) is 22.3. The number of benzene rings is 8. The Bertz CT molecular complexity index is 3860. The summed E-state index contributed by atoms with van der Waals surface area (Å²) in [7, 11) is 0. The summed E-state index contributed by atoms with van der Waals surface area (Å²) in [5, 5.41) is 12.3. The van der Waals surface area contributed by atoms with E-state index in [9.17, 15) is 0 Å². The first-order valence-electron chi connectivity index (χ1n) is 19.7. The Morgan fingerprint density at radius 3 is 1.88 bits per heavy atom. The van der Waals surface area contributed by atoms with Gasteiger partial charge < -0.3 is 8.80 Å². The van der Waals surface area contributed by atoms with Crippen molar-refractivity contribution in [2.45, 2.75) is 0 Å². The van der Waals surface area contributed by atoms with Gasteiger partial charge in [-0.3, -0.25) is 0 Å². The highest BCUT2D eigenvalue weighted by Crippen LogP contribution is 2.50. The predicted molar refractivity (Wildman–Crippen MR) is 220 cm³/mol. The first-order chi connectivity index (χ1) is 27.4. The molecule has 5 aromatic heterocycles. The van der Waals surface area contributed by atoms with E-state index in [-0.39, 0.29) is 29.7 Å². The fourth-order valence-corrected chi connectivity index (χ4v) is 10.4. The average Bonchev–Trinajstić information content (AvgIpc) is 4.02. The van der Waals surface area contributed by atoms with Crippen LogP contribution in [-0.4, -0.2) is 8.80 Å². The van der Waals surface area contributed by atoms with Crippen molar-refractivity contribution in [3.63, 3.8) is 0 Å². The lowest BCUT2D eigenvalue weighted by Crippen LogP contribution is -1.87. The molecule has 3 heteroatoms.